The lowest BCUT2D eigenvalue weighted by atomic mass is 10.2. The molecule has 0 aliphatic carbocycles. The summed E-state index contributed by atoms with van der Waals surface area (Å²) in [4.78, 5) is 0. The zero-order chi connectivity index (χ0) is 34.5. The molecular weight excluding hydrogens is 675 g/mol. The van der Waals surface area contributed by atoms with E-state index in [0.717, 1.165) is 27.8 Å². The molecule has 5 aromatic rings. The van der Waals surface area contributed by atoms with E-state index in [9.17, 15) is 0 Å². The van der Waals surface area contributed by atoms with Crippen LogP contribution in [-0.4, -0.2) is 6.61 Å². The molecule has 0 radical (unpaired) electrons. The van der Waals surface area contributed by atoms with Gasteiger partial charge in [0.2, 0.25) is 0 Å². The molecule has 5 aromatic carbocycles. The molecule has 0 saturated heterocycles. The quantitative estimate of drug-likeness (QED) is 0.119. The van der Waals surface area contributed by atoms with Crippen molar-refractivity contribution in [3.8, 4) is 28.7 Å². The standard InChI is InChI=1S/C37H40N3O6P3/c1-7-41-47(42-33-18-8-28(2)9-19-33)38-48(43-34-20-10-29(3)11-21-34,44-35-22-12-30(4)13-23-35)40-49(39-47,45-36-24-14-31(5)15-25-36)46-37-26-16-32(6)17-27-37/h8-27H,7H2,1-6H3. The highest BCUT2D eigenvalue weighted by Gasteiger charge is 2.47. The maximum absolute atomic E-state index is 6.79. The zero-order valence-electron chi connectivity index (χ0n) is 28.4. The van der Waals surface area contributed by atoms with Crippen molar-refractivity contribution in [3.05, 3.63) is 149 Å². The molecule has 0 bridgehead atoms. The number of hydrogen-bond acceptors (Lipinski definition) is 9. The Labute approximate surface area is 289 Å². The summed E-state index contributed by atoms with van der Waals surface area (Å²) in [6, 6.07) is 38.1. The van der Waals surface area contributed by atoms with Gasteiger partial charge in [-0.25, -0.2) is 0 Å². The lowest BCUT2D eigenvalue weighted by Gasteiger charge is -2.33. The lowest BCUT2D eigenvalue weighted by molar-refractivity contribution is 0.322. The molecule has 12 heteroatoms. The Bertz CT molecular complexity index is 1860. The highest BCUT2D eigenvalue weighted by atomic mass is 31.3. The maximum Gasteiger partial charge on any atom is 0.460 e. The summed E-state index contributed by atoms with van der Waals surface area (Å²) >= 11 is 0. The van der Waals surface area contributed by atoms with Gasteiger partial charge in [-0.1, -0.05) is 93.0 Å². The van der Waals surface area contributed by atoms with Gasteiger partial charge in [-0.05, 0) is 102 Å². The molecule has 1 aliphatic rings. The molecule has 0 aromatic heterocycles. The predicted octanol–water partition coefficient (Wildman–Crippen LogP) is 12.8. The first-order chi connectivity index (χ1) is 23.5. The third kappa shape index (κ3) is 8.86. The Morgan fingerprint density at radius 3 is 0.796 bits per heavy atom. The van der Waals surface area contributed by atoms with Crippen molar-refractivity contribution in [1.29, 1.82) is 0 Å². The monoisotopic (exact) mass is 715 g/mol. The Balaban J connectivity index is 1.66. The molecule has 0 amide bonds. The largest absolute Gasteiger partial charge is 0.460 e. The SMILES string of the molecule is CCOP1(Oc2ccc(C)cc2)=NP(Oc2ccc(C)cc2)(Oc2ccc(C)cc2)=NP(Oc2ccc(C)cc2)(Oc2ccc(C)cc2)=N1. The first-order valence-corrected chi connectivity index (χ1v) is 20.5. The molecule has 1 atom stereocenters. The van der Waals surface area contributed by atoms with Crippen LogP contribution in [0.4, 0.5) is 0 Å². The summed E-state index contributed by atoms with van der Waals surface area (Å²) in [5.41, 5.74) is 5.34. The van der Waals surface area contributed by atoms with Crippen molar-refractivity contribution in [3.63, 3.8) is 0 Å². The molecule has 6 rings (SSSR count). The minimum Gasteiger partial charge on any atom is -0.422 e. The van der Waals surface area contributed by atoms with Gasteiger partial charge in [0.25, 0.3) is 0 Å². The third-order valence-electron chi connectivity index (χ3n) is 7.20. The summed E-state index contributed by atoms with van der Waals surface area (Å²) in [7, 11) is -11.3. The minimum atomic E-state index is -3.82. The zero-order valence-corrected chi connectivity index (χ0v) is 31.1. The van der Waals surface area contributed by atoms with E-state index in [1.807, 2.05) is 163 Å². The second kappa shape index (κ2) is 14.7. The molecule has 0 N–H and O–H groups in total. The van der Waals surface area contributed by atoms with E-state index in [2.05, 4.69) is 0 Å². The molecule has 1 unspecified atom stereocenters. The molecule has 1 aliphatic heterocycles. The molecule has 0 spiro atoms. The topological polar surface area (TPSA) is 92.5 Å². The fraction of sp³-hybridized carbons (Fsp3) is 0.189. The molecule has 0 fully saturated rings. The van der Waals surface area contributed by atoms with E-state index in [1.54, 1.807) is 0 Å². The van der Waals surface area contributed by atoms with Crippen LogP contribution in [0.5, 0.6) is 28.7 Å². The van der Waals surface area contributed by atoms with Gasteiger partial charge in [0.1, 0.15) is 28.7 Å². The van der Waals surface area contributed by atoms with Crippen LogP contribution in [-0.2, 0) is 4.52 Å². The van der Waals surface area contributed by atoms with Crippen LogP contribution >= 0.6 is 23.0 Å². The fourth-order valence-corrected chi connectivity index (χ4v) is 13.8. The van der Waals surface area contributed by atoms with Gasteiger partial charge in [0, 0.05) is 0 Å². The summed E-state index contributed by atoms with van der Waals surface area (Å²) in [5.74, 6) is 2.49. The minimum absolute atomic E-state index is 0.219. The number of aryl methyl sites for hydroxylation is 5. The van der Waals surface area contributed by atoms with Crippen LogP contribution in [0.2, 0.25) is 0 Å². The van der Waals surface area contributed by atoms with Crippen LogP contribution in [0, 0.1) is 34.6 Å². The van der Waals surface area contributed by atoms with Crippen molar-refractivity contribution in [2.75, 3.05) is 6.61 Å². The van der Waals surface area contributed by atoms with Gasteiger partial charge in [0.05, 0.1) is 6.61 Å². The van der Waals surface area contributed by atoms with Crippen molar-refractivity contribution in [2.24, 2.45) is 13.5 Å². The first kappa shape index (κ1) is 34.6. The van der Waals surface area contributed by atoms with E-state index in [0.29, 0.717) is 28.7 Å². The van der Waals surface area contributed by atoms with E-state index in [4.69, 9.17) is 40.7 Å². The van der Waals surface area contributed by atoms with Crippen molar-refractivity contribution in [2.45, 2.75) is 41.5 Å². The Hall–Kier alpha value is -4.25. The maximum atomic E-state index is 6.79. The Morgan fingerprint density at radius 2 is 0.551 bits per heavy atom. The Morgan fingerprint density at radius 1 is 0.347 bits per heavy atom. The van der Waals surface area contributed by atoms with E-state index in [-0.39, 0.29) is 6.61 Å². The fourth-order valence-electron chi connectivity index (χ4n) is 4.63. The van der Waals surface area contributed by atoms with Crippen molar-refractivity contribution < 1.29 is 27.1 Å². The summed E-state index contributed by atoms with van der Waals surface area (Å²) < 4.78 is 55.9. The van der Waals surface area contributed by atoms with E-state index in [1.165, 1.54) is 0 Å². The molecular formula is C37H40N3O6P3. The number of nitrogens with zero attached hydrogens (tertiary/aromatic N) is 3. The lowest BCUT2D eigenvalue weighted by Crippen LogP contribution is -2.10. The van der Waals surface area contributed by atoms with Crippen LogP contribution in [0.15, 0.2) is 135 Å². The van der Waals surface area contributed by atoms with Gasteiger partial charge < -0.3 is 22.6 Å². The van der Waals surface area contributed by atoms with Crippen LogP contribution in [0.1, 0.15) is 34.7 Å². The van der Waals surface area contributed by atoms with Crippen LogP contribution < -0.4 is 22.6 Å². The first-order valence-electron chi connectivity index (χ1n) is 15.9. The van der Waals surface area contributed by atoms with Gasteiger partial charge in [-0.15, -0.1) is 9.03 Å². The van der Waals surface area contributed by atoms with E-state index < -0.39 is 23.0 Å². The molecule has 49 heavy (non-hydrogen) atoms. The third-order valence-corrected chi connectivity index (χ3v) is 15.5. The van der Waals surface area contributed by atoms with Gasteiger partial charge in [-0.3, -0.25) is 4.52 Å². The van der Waals surface area contributed by atoms with Crippen LogP contribution in [0.25, 0.3) is 0 Å². The highest BCUT2D eigenvalue weighted by Crippen LogP contribution is 2.79. The van der Waals surface area contributed by atoms with E-state index >= 15 is 0 Å². The average Bonchev–Trinajstić information content (AvgIpc) is 3.06. The van der Waals surface area contributed by atoms with Crippen LogP contribution in [0.3, 0.4) is 0 Å². The van der Waals surface area contributed by atoms with Gasteiger partial charge in [-0.2, -0.15) is 0 Å². The number of benzene rings is 5. The number of hydrogen-bond donors (Lipinski definition) is 0. The summed E-state index contributed by atoms with van der Waals surface area (Å²) in [6.07, 6.45) is 0. The predicted molar refractivity (Wildman–Crippen MR) is 199 cm³/mol. The van der Waals surface area contributed by atoms with Crippen molar-refractivity contribution >= 4 is 23.0 Å². The average molecular weight is 716 g/mol. The van der Waals surface area contributed by atoms with Gasteiger partial charge in [0.15, 0.2) is 0 Å². The molecule has 0 saturated carbocycles. The Kier molecular flexibility index (Phi) is 10.4. The smallest absolute Gasteiger partial charge is 0.422 e. The molecule has 254 valence electrons. The highest BCUT2D eigenvalue weighted by molar-refractivity contribution is 7.79. The summed E-state index contributed by atoms with van der Waals surface area (Å²) in [5, 5.41) is 0. The number of rotatable bonds is 12. The van der Waals surface area contributed by atoms with Gasteiger partial charge >= 0.3 is 23.0 Å². The molecule has 9 nitrogen and oxygen atoms in total. The normalized spacial score (nSPS) is 17.4. The second-order valence-electron chi connectivity index (χ2n) is 11.7. The molecule has 1 heterocycles. The summed E-state index contributed by atoms with van der Waals surface area (Å²) in [6.45, 7) is 12.1. The van der Waals surface area contributed by atoms with Crippen molar-refractivity contribution in [1.82, 2.24) is 0 Å². The second-order valence-corrected chi connectivity index (χ2v) is 17.9.